The van der Waals surface area contributed by atoms with Crippen molar-refractivity contribution in [2.45, 2.75) is 58.3 Å². The predicted molar refractivity (Wildman–Crippen MR) is 80.1 cm³/mol. The third-order valence-corrected chi connectivity index (χ3v) is 4.70. The molecule has 7 heteroatoms. The van der Waals surface area contributed by atoms with Gasteiger partial charge in [-0.1, -0.05) is 45.4 Å². The van der Waals surface area contributed by atoms with E-state index in [4.69, 9.17) is 13.1 Å². The van der Waals surface area contributed by atoms with Crippen molar-refractivity contribution in [3.8, 4) is 28.7 Å². The zero-order chi connectivity index (χ0) is 15.7. The molecule has 0 aliphatic carbocycles. The van der Waals surface area contributed by atoms with Crippen LogP contribution in [0.3, 0.4) is 0 Å². The molecule has 2 heterocycles. The summed E-state index contributed by atoms with van der Waals surface area (Å²) in [7, 11) is -4.07. The van der Waals surface area contributed by atoms with Gasteiger partial charge in [-0.15, -0.1) is 8.42 Å². The lowest BCUT2D eigenvalue weighted by Crippen LogP contribution is -2.08. The van der Waals surface area contributed by atoms with Gasteiger partial charge in [-0.05, 0) is 12.8 Å². The Morgan fingerprint density at radius 1 is 0.864 bits per heavy atom. The summed E-state index contributed by atoms with van der Waals surface area (Å²) in [5, 5.41) is 10.1. The largest absolute Gasteiger partial charge is 0.504 e. The average Bonchev–Trinajstić information content (AvgIpc) is 3.19. The number of phenols is 1. The quantitative estimate of drug-likeness (QED) is 0.586. The highest BCUT2D eigenvalue weighted by atomic mass is 32.3. The molecule has 0 saturated heterocycles. The van der Waals surface area contributed by atoms with Crippen LogP contribution in [0.5, 0.6) is 28.7 Å². The number of fused-ring (bicyclic) bond motifs is 3. The van der Waals surface area contributed by atoms with Crippen LogP contribution in [0.2, 0.25) is 0 Å². The van der Waals surface area contributed by atoms with E-state index in [0.29, 0.717) is 17.7 Å². The summed E-state index contributed by atoms with van der Waals surface area (Å²) in [5.74, 6) is 0.695. The first-order valence-corrected chi connectivity index (χ1v) is 9.10. The molecule has 0 amide bonds. The van der Waals surface area contributed by atoms with E-state index in [1.807, 2.05) is 0 Å². The first-order valence-electron chi connectivity index (χ1n) is 7.77. The minimum absolute atomic E-state index is 0.0274. The number of hydrogen-bond donors (Lipinski definition) is 1. The first kappa shape index (κ1) is 15.3. The van der Waals surface area contributed by atoms with Gasteiger partial charge in [0.05, 0.1) is 0 Å². The standard InChI is InChI=1S/C15H20O6S/c1-2-3-4-5-6-7-8-9-10-11(16)13-14(19-13)15-12(10)20-22(17,18)21-15/h16H,2-9H2,1H3. The van der Waals surface area contributed by atoms with Gasteiger partial charge in [0.15, 0.2) is 5.75 Å². The first-order chi connectivity index (χ1) is 10.5. The van der Waals surface area contributed by atoms with E-state index >= 15 is 0 Å². The number of aromatic hydroxyl groups is 1. The van der Waals surface area contributed by atoms with E-state index in [-0.39, 0.29) is 23.0 Å². The van der Waals surface area contributed by atoms with E-state index in [2.05, 4.69) is 6.92 Å². The van der Waals surface area contributed by atoms with E-state index < -0.39 is 10.4 Å². The summed E-state index contributed by atoms with van der Waals surface area (Å²) in [4.78, 5) is 0. The van der Waals surface area contributed by atoms with Gasteiger partial charge in [0.25, 0.3) is 0 Å². The molecule has 6 nitrogen and oxygen atoms in total. The Balaban J connectivity index is 1.61. The molecule has 1 N–H and O–H groups in total. The highest BCUT2D eigenvalue weighted by Crippen LogP contribution is 2.66. The maximum absolute atomic E-state index is 11.4. The van der Waals surface area contributed by atoms with Crippen molar-refractivity contribution in [2.24, 2.45) is 0 Å². The van der Waals surface area contributed by atoms with Crippen LogP contribution < -0.4 is 13.1 Å². The molecule has 0 spiro atoms. The van der Waals surface area contributed by atoms with Gasteiger partial charge in [0, 0.05) is 5.56 Å². The van der Waals surface area contributed by atoms with Crippen molar-refractivity contribution < 1.29 is 26.6 Å². The second-order valence-electron chi connectivity index (χ2n) is 5.69. The van der Waals surface area contributed by atoms with Crippen LogP contribution in [0, 0.1) is 0 Å². The van der Waals surface area contributed by atoms with Gasteiger partial charge in [-0.2, -0.15) is 0 Å². The SMILES string of the molecule is CCCCCCCCCc1c(O)c2c(c3c1OS(=O)(=O)O3)O2. The molecule has 1 aromatic carbocycles. The molecule has 3 rings (SSSR count). The zero-order valence-corrected chi connectivity index (χ0v) is 13.4. The van der Waals surface area contributed by atoms with Crippen molar-refractivity contribution in [1.82, 2.24) is 0 Å². The molecule has 0 fully saturated rings. The van der Waals surface area contributed by atoms with E-state index in [1.54, 1.807) is 0 Å². The van der Waals surface area contributed by atoms with Gasteiger partial charge in [-0.25, -0.2) is 0 Å². The zero-order valence-electron chi connectivity index (χ0n) is 12.6. The smallest absolute Gasteiger partial charge is 0.501 e. The number of rotatable bonds is 8. The number of hydrogen-bond acceptors (Lipinski definition) is 6. The molecule has 122 valence electrons. The normalized spacial score (nSPS) is 16.2. The summed E-state index contributed by atoms with van der Waals surface area (Å²) in [5.41, 5.74) is 0.459. The Labute approximate surface area is 130 Å². The Hall–Kier alpha value is -1.63. The molecule has 1 aromatic rings. The van der Waals surface area contributed by atoms with Gasteiger partial charge < -0.3 is 18.2 Å². The molecule has 22 heavy (non-hydrogen) atoms. The van der Waals surface area contributed by atoms with E-state index in [9.17, 15) is 13.5 Å². The molecule has 0 bridgehead atoms. The van der Waals surface area contributed by atoms with Crippen molar-refractivity contribution in [3.05, 3.63) is 5.56 Å². The van der Waals surface area contributed by atoms with Crippen molar-refractivity contribution in [1.29, 1.82) is 0 Å². The fourth-order valence-corrected chi connectivity index (χ4v) is 3.51. The lowest BCUT2D eigenvalue weighted by Gasteiger charge is -2.05. The summed E-state index contributed by atoms with van der Waals surface area (Å²) < 4.78 is 37.5. The van der Waals surface area contributed by atoms with Crippen molar-refractivity contribution in [3.63, 3.8) is 0 Å². The highest BCUT2D eigenvalue weighted by Gasteiger charge is 2.45. The fraction of sp³-hybridized carbons (Fsp3) is 0.600. The predicted octanol–water partition coefficient (Wildman–Crippen LogP) is 3.81. The van der Waals surface area contributed by atoms with Crippen LogP contribution in [0.25, 0.3) is 0 Å². The third kappa shape index (κ3) is 2.95. The van der Waals surface area contributed by atoms with Gasteiger partial charge in [0.1, 0.15) is 0 Å². The summed E-state index contributed by atoms with van der Waals surface area (Å²) in [6.07, 6.45) is 8.51. The lowest BCUT2D eigenvalue weighted by molar-refractivity contribution is 0.427. The molecule has 0 aromatic heterocycles. The van der Waals surface area contributed by atoms with Gasteiger partial charge in [-0.3, -0.25) is 0 Å². The topological polar surface area (TPSA) is 85.4 Å². The van der Waals surface area contributed by atoms with Crippen molar-refractivity contribution in [2.75, 3.05) is 0 Å². The third-order valence-electron chi connectivity index (χ3n) is 3.96. The molecule has 2 aliphatic heterocycles. The molecule has 0 atom stereocenters. The minimum atomic E-state index is -4.07. The molecule has 0 saturated carbocycles. The number of ether oxygens (including phenoxy) is 1. The van der Waals surface area contributed by atoms with E-state index in [0.717, 1.165) is 19.3 Å². The number of phenolic OH excluding ortho intramolecular Hbond substituents is 1. The van der Waals surface area contributed by atoms with Crippen LogP contribution in [-0.2, 0) is 16.8 Å². The highest BCUT2D eigenvalue weighted by molar-refractivity contribution is 7.82. The van der Waals surface area contributed by atoms with Crippen LogP contribution in [-0.4, -0.2) is 13.5 Å². The minimum Gasteiger partial charge on any atom is -0.504 e. The molecule has 0 radical (unpaired) electrons. The second-order valence-corrected chi connectivity index (χ2v) is 6.84. The Bertz CT molecular complexity index is 680. The Kier molecular flexibility index (Phi) is 4.08. The summed E-state index contributed by atoms with van der Waals surface area (Å²) in [6.45, 7) is 2.18. The van der Waals surface area contributed by atoms with E-state index in [1.165, 1.54) is 25.7 Å². The number of unbranched alkanes of at least 4 members (excludes halogenated alkanes) is 6. The maximum Gasteiger partial charge on any atom is 0.501 e. The summed E-state index contributed by atoms with van der Waals surface area (Å²) >= 11 is 0. The van der Waals surface area contributed by atoms with Crippen LogP contribution in [0.4, 0.5) is 0 Å². The molecular formula is C15H20O6S. The van der Waals surface area contributed by atoms with Crippen LogP contribution >= 0.6 is 0 Å². The van der Waals surface area contributed by atoms with Crippen molar-refractivity contribution >= 4 is 10.4 Å². The Morgan fingerprint density at radius 3 is 2.23 bits per heavy atom. The fourth-order valence-electron chi connectivity index (χ4n) is 2.74. The average molecular weight is 328 g/mol. The van der Waals surface area contributed by atoms with Crippen LogP contribution in [0.15, 0.2) is 0 Å². The summed E-state index contributed by atoms with van der Waals surface area (Å²) in [6, 6.07) is 0. The molecule has 2 aliphatic rings. The lowest BCUT2D eigenvalue weighted by atomic mass is 10.0. The van der Waals surface area contributed by atoms with Gasteiger partial charge in [0.2, 0.25) is 23.0 Å². The molecular weight excluding hydrogens is 308 g/mol. The second kappa shape index (κ2) is 5.87. The molecule has 0 unspecified atom stereocenters. The van der Waals surface area contributed by atoms with Crippen LogP contribution in [0.1, 0.15) is 57.4 Å². The Morgan fingerprint density at radius 2 is 1.50 bits per heavy atom. The van der Waals surface area contributed by atoms with Gasteiger partial charge >= 0.3 is 10.4 Å². The number of benzene rings is 1. The monoisotopic (exact) mass is 328 g/mol. The maximum atomic E-state index is 11.4.